The summed E-state index contributed by atoms with van der Waals surface area (Å²) in [5.41, 5.74) is 0.281. The molecule has 7 heteroatoms. The van der Waals surface area contributed by atoms with Crippen LogP contribution in [0, 0.1) is 11.8 Å². The number of hydrogen-bond donors (Lipinski definition) is 0. The first kappa shape index (κ1) is 18.7. The van der Waals surface area contributed by atoms with E-state index in [1.54, 1.807) is 4.90 Å². The summed E-state index contributed by atoms with van der Waals surface area (Å²) >= 11 is 6.24. The van der Waals surface area contributed by atoms with Gasteiger partial charge >= 0.3 is 0 Å². The van der Waals surface area contributed by atoms with E-state index in [-0.39, 0.29) is 16.4 Å². The van der Waals surface area contributed by atoms with E-state index in [0.29, 0.717) is 43.0 Å². The van der Waals surface area contributed by atoms with Crippen molar-refractivity contribution < 1.29 is 13.2 Å². The predicted molar refractivity (Wildman–Crippen MR) is 98.3 cm³/mol. The summed E-state index contributed by atoms with van der Waals surface area (Å²) in [6, 6.07) is 4.46. The predicted octanol–water partition coefficient (Wildman–Crippen LogP) is 3.24. The first-order valence-electron chi connectivity index (χ1n) is 8.88. The van der Waals surface area contributed by atoms with Crippen molar-refractivity contribution in [2.75, 3.05) is 26.2 Å². The summed E-state index contributed by atoms with van der Waals surface area (Å²) < 4.78 is 27.0. The molecule has 2 fully saturated rings. The summed E-state index contributed by atoms with van der Waals surface area (Å²) in [5, 5.41) is 0.302. The molecule has 0 N–H and O–H groups in total. The van der Waals surface area contributed by atoms with Gasteiger partial charge in [0, 0.05) is 26.2 Å². The summed E-state index contributed by atoms with van der Waals surface area (Å²) in [4.78, 5) is 14.9. The van der Waals surface area contributed by atoms with Crippen molar-refractivity contribution in [2.45, 2.75) is 38.0 Å². The number of hydrogen-bond acceptors (Lipinski definition) is 3. The van der Waals surface area contributed by atoms with Gasteiger partial charge in [0.05, 0.1) is 15.5 Å². The molecule has 0 radical (unpaired) electrons. The van der Waals surface area contributed by atoms with Crippen LogP contribution in [0.25, 0.3) is 0 Å². The molecule has 2 aliphatic heterocycles. The Morgan fingerprint density at radius 1 is 1.12 bits per heavy atom. The highest BCUT2D eigenvalue weighted by Crippen LogP contribution is 2.28. The summed E-state index contributed by atoms with van der Waals surface area (Å²) in [5.74, 6) is 0.688. The Morgan fingerprint density at radius 3 is 2.32 bits per heavy atom. The molecule has 5 nitrogen and oxygen atoms in total. The number of nitrogens with zero attached hydrogens (tertiary/aromatic N) is 2. The Hall–Kier alpha value is -1.11. The summed E-state index contributed by atoms with van der Waals surface area (Å²) in [6.45, 7) is 6.70. The number of halogens is 1. The van der Waals surface area contributed by atoms with E-state index in [2.05, 4.69) is 13.8 Å². The third-order valence-corrected chi connectivity index (χ3v) is 7.25. The minimum atomic E-state index is -3.56. The van der Waals surface area contributed by atoms with Gasteiger partial charge in [0.1, 0.15) is 0 Å². The maximum absolute atomic E-state index is 12.9. The number of carbonyl (C=O) groups is 1. The van der Waals surface area contributed by atoms with E-state index >= 15 is 0 Å². The van der Waals surface area contributed by atoms with Gasteiger partial charge in [-0.25, -0.2) is 8.42 Å². The van der Waals surface area contributed by atoms with E-state index < -0.39 is 10.0 Å². The molecule has 1 amide bonds. The first-order valence-corrected chi connectivity index (χ1v) is 10.7. The lowest BCUT2D eigenvalue weighted by Gasteiger charge is -2.35. The molecule has 138 valence electrons. The summed E-state index contributed by atoms with van der Waals surface area (Å²) in [7, 11) is -3.56. The molecule has 0 bridgehead atoms. The van der Waals surface area contributed by atoms with Crippen molar-refractivity contribution in [3.8, 4) is 0 Å². The zero-order valence-corrected chi connectivity index (χ0v) is 16.3. The monoisotopic (exact) mass is 384 g/mol. The lowest BCUT2D eigenvalue weighted by Crippen LogP contribution is -2.42. The second-order valence-corrected chi connectivity index (χ2v) is 9.75. The van der Waals surface area contributed by atoms with Crippen molar-refractivity contribution >= 4 is 27.5 Å². The third-order valence-electron chi connectivity index (χ3n) is 5.03. The highest BCUT2D eigenvalue weighted by molar-refractivity contribution is 7.89. The summed E-state index contributed by atoms with van der Waals surface area (Å²) in [6.07, 6.45) is 2.85. The van der Waals surface area contributed by atoms with Crippen LogP contribution in [0.3, 0.4) is 0 Å². The zero-order chi connectivity index (χ0) is 18.2. The third kappa shape index (κ3) is 3.86. The van der Waals surface area contributed by atoms with Crippen molar-refractivity contribution in [3.63, 3.8) is 0 Å². The molecule has 1 aromatic rings. The highest BCUT2D eigenvalue weighted by atomic mass is 35.5. The van der Waals surface area contributed by atoms with Crippen LogP contribution in [-0.4, -0.2) is 49.7 Å². The standard InChI is InChI=1S/C18H25ClN2O3S/c1-13-9-14(2)12-20(11-13)18(22)16-10-15(5-6-17(16)19)25(23,24)21-7-3-4-8-21/h5-6,10,13-14H,3-4,7-9,11-12H2,1-2H3. The second-order valence-electron chi connectivity index (χ2n) is 7.41. The molecule has 2 unspecified atom stereocenters. The number of sulfonamides is 1. The van der Waals surface area contributed by atoms with Crippen LogP contribution in [0.2, 0.25) is 5.02 Å². The number of rotatable bonds is 3. The molecule has 2 atom stereocenters. The van der Waals surface area contributed by atoms with Crippen molar-refractivity contribution in [1.82, 2.24) is 9.21 Å². The number of likely N-dealkylation sites (tertiary alicyclic amines) is 1. The van der Waals surface area contributed by atoms with Gasteiger partial charge in [-0.05, 0) is 49.3 Å². The lowest BCUT2D eigenvalue weighted by molar-refractivity contribution is 0.0623. The second kappa shape index (κ2) is 7.25. The molecule has 2 saturated heterocycles. The van der Waals surface area contributed by atoms with Gasteiger partial charge in [0.2, 0.25) is 10.0 Å². The van der Waals surface area contributed by atoms with Crippen LogP contribution >= 0.6 is 11.6 Å². The van der Waals surface area contributed by atoms with Crippen molar-refractivity contribution in [3.05, 3.63) is 28.8 Å². The van der Waals surface area contributed by atoms with Gasteiger partial charge in [-0.15, -0.1) is 0 Å². The molecule has 0 aliphatic carbocycles. The first-order chi connectivity index (χ1) is 11.8. The van der Waals surface area contributed by atoms with E-state index in [4.69, 9.17) is 11.6 Å². The fourth-order valence-electron chi connectivity index (χ4n) is 3.91. The van der Waals surface area contributed by atoms with Gasteiger partial charge in [-0.3, -0.25) is 4.79 Å². The lowest BCUT2D eigenvalue weighted by atomic mass is 9.91. The molecular formula is C18H25ClN2O3S. The average Bonchev–Trinajstić information content (AvgIpc) is 3.09. The van der Waals surface area contributed by atoms with Crippen LogP contribution in [-0.2, 0) is 10.0 Å². The minimum Gasteiger partial charge on any atom is -0.338 e. The van der Waals surface area contributed by atoms with Crippen LogP contribution in [0.15, 0.2) is 23.1 Å². The Bertz CT molecular complexity index is 750. The number of benzene rings is 1. The van der Waals surface area contributed by atoms with Gasteiger partial charge in [0.15, 0.2) is 0 Å². The van der Waals surface area contributed by atoms with E-state index in [0.717, 1.165) is 19.3 Å². The SMILES string of the molecule is CC1CC(C)CN(C(=O)c2cc(S(=O)(=O)N3CCCC3)ccc2Cl)C1. The molecule has 2 heterocycles. The topological polar surface area (TPSA) is 57.7 Å². The fraction of sp³-hybridized carbons (Fsp3) is 0.611. The molecule has 0 spiro atoms. The van der Waals surface area contributed by atoms with Crippen LogP contribution in [0.5, 0.6) is 0 Å². The number of amides is 1. The quantitative estimate of drug-likeness (QED) is 0.803. The molecule has 25 heavy (non-hydrogen) atoms. The molecule has 2 aliphatic rings. The fourth-order valence-corrected chi connectivity index (χ4v) is 5.65. The van der Waals surface area contributed by atoms with E-state index in [1.165, 1.54) is 22.5 Å². The normalized spacial score (nSPS) is 25.3. The Morgan fingerprint density at radius 2 is 1.72 bits per heavy atom. The Labute approximate surface area is 155 Å². The highest BCUT2D eigenvalue weighted by Gasteiger charge is 2.31. The molecule has 3 rings (SSSR count). The van der Waals surface area contributed by atoms with E-state index in [9.17, 15) is 13.2 Å². The minimum absolute atomic E-state index is 0.153. The maximum atomic E-state index is 12.9. The van der Waals surface area contributed by atoms with Crippen LogP contribution in [0.1, 0.15) is 43.5 Å². The van der Waals surface area contributed by atoms with Gasteiger partial charge < -0.3 is 4.90 Å². The average molecular weight is 385 g/mol. The Kier molecular flexibility index (Phi) is 5.42. The smallest absolute Gasteiger partial charge is 0.255 e. The molecular weight excluding hydrogens is 360 g/mol. The number of piperidine rings is 1. The van der Waals surface area contributed by atoms with Crippen LogP contribution in [0.4, 0.5) is 0 Å². The van der Waals surface area contributed by atoms with E-state index in [1.807, 2.05) is 0 Å². The maximum Gasteiger partial charge on any atom is 0.255 e. The molecule has 0 aromatic heterocycles. The van der Waals surface area contributed by atoms with Crippen LogP contribution < -0.4 is 0 Å². The molecule has 0 saturated carbocycles. The van der Waals surface area contributed by atoms with Gasteiger partial charge in [0.25, 0.3) is 5.91 Å². The Balaban J connectivity index is 1.90. The largest absolute Gasteiger partial charge is 0.338 e. The van der Waals surface area contributed by atoms with Gasteiger partial charge in [-0.1, -0.05) is 25.4 Å². The van der Waals surface area contributed by atoms with Crippen molar-refractivity contribution in [1.29, 1.82) is 0 Å². The van der Waals surface area contributed by atoms with Crippen molar-refractivity contribution in [2.24, 2.45) is 11.8 Å². The van der Waals surface area contributed by atoms with Gasteiger partial charge in [-0.2, -0.15) is 4.31 Å². The zero-order valence-electron chi connectivity index (χ0n) is 14.7. The molecule has 1 aromatic carbocycles. The number of carbonyl (C=O) groups excluding carboxylic acids is 1.